The molecule has 1 aromatic rings. The van der Waals surface area contributed by atoms with Gasteiger partial charge in [-0.2, -0.15) is 0 Å². The SMILES string of the molecule is CN1CCOC2(CCN(c3ccc(CN)cc3)CC2)C1. The van der Waals surface area contributed by atoms with Crippen molar-refractivity contribution >= 4 is 5.69 Å². The van der Waals surface area contributed by atoms with E-state index in [0.29, 0.717) is 6.54 Å². The highest BCUT2D eigenvalue weighted by atomic mass is 16.5. The molecule has 2 heterocycles. The molecule has 1 spiro atoms. The molecular formula is C16H25N3O. The largest absolute Gasteiger partial charge is 0.372 e. The minimum atomic E-state index is 0.0979. The lowest BCUT2D eigenvalue weighted by Gasteiger charge is -2.47. The number of nitrogens with two attached hydrogens (primary N) is 1. The molecule has 0 atom stereocenters. The number of benzene rings is 1. The molecule has 2 N–H and O–H groups in total. The van der Waals surface area contributed by atoms with Gasteiger partial charge >= 0.3 is 0 Å². The second kappa shape index (κ2) is 5.72. The fourth-order valence-electron chi connectivity index (χ4n) is 3.35. The second-order valence-corrected chi connectivity index (χ2v) is 6.13. The zero-order chi connectivity index (χ0) is 14.0. The van der Waals surface area contributed by atoms with Gasteiger partial charge in [0.05, 0.1) is 12.2 Å². The summed E-state index contributed by atoms with van der Waals surface area (Å²) in [6.45, 7) is 5.79. The van der Waals surface area contributed by atoms with Crippen molar-refractivity contribution in [2.45, 2.75) is 25.0 Å². The molecule has 0 amide bonds. The molecule has 0 aromatic heterocycles. The number of likely N-dealkylation sites (N-methyl/N-ethyl adjacent to an activating group) is 1. The number of nitrogens with zero attached hydrogens (tertiary/aromatic N) is 2. The molecule has 2 fully saturated rings. The van der Waals surface area contributed by atoms with Crippen LogP contribution in [0.5, 0.6) is 0 Å². The zero-order valence-electron chi connectivity index (χ0n) is 12.3. The van der Waals surface area contributed by atoms with E-state index < -0.39 is 0 Å². The van der Waals surface area contributed by atoms with Crippen LogP contribution in [0.2, 0.25) is 0 Å². The molecular weight excluding hydrogens is 250 g/mol. The van der Waals surface area contributed by atoms with Gasteiger partial charge in [0.2, 0.25) is 0 Å². The number of hydrogen-bond donors (Lipinski definition) is 1. The standard InChI is InChI=1S/C16H25N3O/c1-18-10-11-20-16(13-18)6-8-19(9-7-16)15-4-2-14(12-17)3-5-15/h2-5H,6-13,17H2,1H3. The molecule has 0 aliphatic carbocycles. The summed E-state index contributed by atoms with van der Waals surface area (Å²) in [4.78, 5) is 4.86. The molecule has 0 unspecified atom stereocenters. The first kappa shape index (κ1) is 13.9. The molecule has 2 aliphatic heterocycles. The van der Waals surface area contributed by atoms with Crippen LogP contribution in [-0.2, 0) is 11.3 Å². The maximum Gasteiger partial charge on any atom is 0.0842 e. The van der Waals surface area contributed by atoms with Crippen molar-refractivity contribution in [2.75, 3.05) is 44.7 Å². The Hall–Kier alpha value is -1.10. The predicted molar refractivity (Wildman–Crippen MR) is 82.0 cm³/mol. The highest BCUT2D eigenvalue weighted by Gasteiger charge is 2.38. The average Bonchev–Trinajstić information content (AvgIpc) is 2.48. The number of anilines is 1. The van der Waals surface area contributed by atoms with Crippen LogP contribution in [0.3, 0.4) is 0 Å². The second-order valence-electron chi connectivity index (χ2n) is 6.13. The van der Waals surface area contributed by atoms with Gasteiger partial charge in [0.25, 0.3) is 0 Å². The van der Waals surface area contributed by atoms with Crippen molar-refractivity contribution in [1.82, 2.24) is 4.90 Å². The monoisotopic (exact) mass is 275 g/mol. The number of piperidine rings is 1. The zero-order valence-corrected chi connectivity index (χ0v) is 12.3. The van der Waals surface area contributed by atoms with Gasteiger partial charge in [-0.3, -0.25) is 0 Å². The molecule has 2 aliphatic rings. The summed E-state index contributed by atoms with van der Waals surface area (Å²) >= 11 is 0. The van der Waals surface area contributed by atoms with E-state index in [1.54, 1.807) is 0 Å². The van der Waals surface area contributed by atoms with Crippen molar-refractivity contribution in [3.05, 3.63) is 29.8 Å². The average molecular weight is 275 g/mol. The van der Waals surface area contributed by atoms with Crippen molar-refractivity contribution < 1.29 is 4.74 Å². The highest BCUT2D eigenvalue weighted by molar-refractivity contribution is 5.48. The van der Waals surface area contributed by atoms with Crippen LogP contribution < -0.4 is 10.6 Å². The van der Waals surface area contributed by atoms with Gasteiger partial charge in [0.1, 0.15) is 0 Å². The lowest BCUT2D eigenvalue weighted by atomic mass is 9.89. The normalized spacial score (nSPS) is 23.2. The maximum absolute atomic E-state index is 6.11. The van der Waals surface area contributed by atoms with Crippen LogP contribution in [-0.4, -0.2) is 50.3 Å². The van der Waals surface area contributed by atoms with Crippen molar-refractivity contribution in [3.63, 3.8) is 0 Å². The maximum atomic E-state index is 6.11. The molecule has 4 nitrogen and oxygen atoms in total. The highest BCUT2D eigenvalue weighted by Crippen LogP contribution is 2.31. The quantitative estimate of drug-likeness (QED) is 0.887. The number of rotatable bonds is 2. The molecule has 2 saturated heterocycles. The summed E-state index contributed by atoms with van der Waals surface area (Å²) in [6.07, 6.45) is 2.24. The fourth-order valence-corrected chi connectivity index (χ4v) is 3.35. The topological polar surface area (TPSA) is 41.7 Å². The van der Waals surface area contributed by atoms with Crippen molar-refractivity contribution in [3.8, 4) is 0 Å². The minimum Gasteiger partial charge on any atom is -0.372 e. The van der Waals surface area contributed by atoms with Crippen molar-refractivity contribution in [2.24, 2.45) is 5.73 Å². The van der Waals surface area contributed by atoms with Crippen LogP contribution in [0, 0.1) is 0 Å². The Morgan fingerprint density at radius 3 is 2.45 bits per heavy atom. The summed E-state index contributed by atoms with van der Waals surface area (Å²) in [5, 5.41) is 0. The first-order valence-corrected chi connectivity index (χ1v) is 7.57. The number of morpholine rings is 1. The summed E-state index contributed by atoms with van der Waals surface area (Å²) in [5.74, 6) is 0. The molecule has 20 heavy (non-hydrogen) atoms. The first-order valence-electron chi connectivity index (χ1n) is 7.57. The third kappa shape index (κ3) is 2.82. The van der Waals surface area contributed by atoms with Crippen LogP contribution in [0.4, 0.5) is 5.69 Å². The van der Waals surface area contributed by atoms with Gasteiger partial charge in [0.15, 0.2) is 0 Å². The molecule has 0 radical (unpaired) electrons. The van der Waals surface area contributed by atoms with E-state index in [-0.39, 0.29) is 5.60 Å². The number of hydrogen-bond acceptors (Lipinski definition) is 4. The lowest BCUT2D eigenvalue weighted by molar-refractivity contribution is -0.115. The molecule has 4 heteroatoms. The third-order valence-corrected chi connectivity index (χ3v) is 4.65. The Morgan fingerprint density at radius 1 is 1.15 bits per heavy atom. The summed E-state index contributed by atoms with van der Waals surface area (Å²) in [5.41, 5.74) is 8.25. The summed E-state index contributed by atoms with van der Waals surface area (Å²) < 4.78 is 6.11. The van der Waals surface area contributed by atoms with Crippen LogP contribution in [0.1, 0.15) is 18.4 Å². The van der Waals surface area contributed by atoms with E-state index in [9.17, 15) is 0 Å². The first-order chi connectivity index (χ1) is 9.71. The summed E-state index contributed by atoms with van der Waals surface area (Å²) in [7, 11) is 2.20. The van der Waals surface area contributed by atoms with Gasteiger partial charge in [0, 0.05) is 38.4 Å². The van der Waals surface area contributed by atoms with Gasteiger partial charge in [-0.25, -0.2) is 0 Å². The molecule has 110 valence electrons. The molecule has 3 rings (SSSR count). The van der Waals surface area contributed by atoms with E-state index in [0.717, 1.165) is 45.6 Å². The van der Waals surface area contributed by atoms with Gasteiger partial charge < -0.3 is 20.3 Å². The Bertz CT molecular complexity index is 438. The molecule has 1 aromatic carbocycles. The van der Waals surface area contributed by atoms with Crippen LogP contribution >= 0.6 is 0 Å². The van der Waals surface area contributed by atoms with E-state index in [4.69, 9.17) is 10.5 Å². The van der Waals surface area contributed by atoms with Crippen LogP contribution in [0.15, 0.2) is 24.3 Å². The lowest BCUT2D eigenvalue weighted by Crippen LogP contribution is -2.56. The summed E-state index contributed by atoms with van der Waals surface area (Å²) in [6, 6.07) is 8.64. The van der Waals surface area contributed by atoms with E-state index in [1.165, 1.54) is 11.3 Å². The van der Waals surface area contributed by atoms with Gasteiger partial charge in [-0.15, -0.1) is 0 Å². The Kier molecular flexibility index (Phi) is 3.96. The Morgan fingerprint density at radius 2 is 1.85 bits per heavy atom. The van der Waals surface area contributed by atoms with Gasteiger partial charge in [-0.05, 0) is 37.6 Å². The van der Waals surface area contributed by atoms with E-state index in [2.05, 4.69) is 41.1 Å². The van der Waals surface area contributed by atoms with E-state index >= 15 is 0 Å². The van der Waals surface area contributed by atoms with Crippen molar-refractivity contribution in [1.29, 1.82) is 0 Å². The van der Waals surface area contributed by atoms with Gasteiger partial charge in [-0.1, -0.05) is 12.1 Å². The molecule has 0 bridgehead atoms. The predicted octanol–water partition coefficient (Wildman–Crippen LogP) is 1.45. The number of ether oxygens (including phenoxy) is 1. The fraction of sp³-hybridized carbons (Fsp3) is 0.625. The third-order valence-electron chi connectivity index (χ3n) is 4.65. The Labute approximate surface area is 121 Å². The van der Waals surface area contributed by atoms with E-state index in [1.807, 2.05) is 0 Å². The minimum absolute atomic E-state index is 0.0979. The molecule has 0 saturated carbocycles. The Balaban J connectivity index is 1.62. The smallest absolute Gasteiger partial charge is 0.0842 e. The van der Waals surface area contributed by atoms with Crippen LogP contribution in [0.25, 0.3) is 0 Å².